The number of benzene rings is 1. The molecule has 0 aliphatic heterocycles. The van der Waals surface area contributed by atoms with Gasteiger partial charge >= 0.3 is 0 Å². The largest absolute Gasteiger partial charge is 0.273 e. The SMILES string of the molecule is CC(C)CONC(=O)CSc1ccc(F)cc1. The highest BCUT2D eigenvalue weighted by Crippen LogP contribution is 2.17. The van der Waals surface area contributed by atoms with E-state index in [1.54, 1.807) is 12.1 Å². The number of hydrogen-bond acceptors (Lipinski definition) is 3. The molecule has 0 heterocycles. The molecule has 0 unspecified atom stereocenters. The third kappa shape index (κ3) is 6.28. The molecule has 0 bridgehead atoms. The van der Waals surface area contributed by atoms with Crippen molar-refractivity contribution in [1.82, 2.24) is 5.48 Å². The van der Waals surface area contributed by atoms with E-state index in [4.69, 9.17) is 4.84 Å². The molecule has 0 saturated carbocycles. The van der Waals surface area contributed by atoms with Crippen molar-refractivity contribution in [1.29, 1.82) is 0 Å². The van der Waals surface area contributed by atoms with Gasteiger partial charge in [0.05, 0.1) is 12.4 Å². The Morgan fingerprint density at radius 2 is 2.06 bits per heavy atom. The van der Waals surface area contributed by atoms with Gasteiger partial charge in [-0.1, -0.05) is 13.8 Å². The van der Waals surface area contributed by atoms with Crippen LogP contribution in [0.15, 0.2) is 29.2 Å². The van der Waals surface area contributed by atoms with Crippen LogP contribution < -0.4 is 5.48 Å². The first-order valence-corrected chi connectivity index (χ1v) is 6.35. The van der Waals surface area contributed by atoms with Crippen molar-refractivity contribution in [2.75, 3.05) is 12.4 Å². The molecule has 5 heteroatoms. The summed E-state index contributed by atoms with van der Waals surface area (Å²) in [4.78, 5) is 17.2. The minimum Gasteiger partial charge on any atom is -0.273 e. The fourth-order valence-electron chi connectivity index (χ4n) is 0.998. The zero-order chi connectivity index (χ0) is 12.7. The van der Waals surface area contributed by atoms with E-state index in [1.165, 1.54) is 23.9 Å². The van der Waals surface area contributed by atoms with Crippen LogP contribution in [0.2, 0.25) is 0 Å². The maximum absolute atomic E-state index is 12.6. The molecule has 1 amide bonds. The number of hydroxylamine groups is 1. The van der Waals surface area contributed by atoms with E-state index >= 15 is 0 Å². The summed E-state index contributed by atoms with van der Waals surface area (Å²) < 4.78 is 12.6. The molecule has 17 heavy (non-hydrogen) atoms. The van der Waals surface area contributed by atoms with Crippen LogP contribution in [0, 0.1) is 11.7 Å². The second-order valence-corrected chi connectivity index (χ2v) is 5.02. The summed E-state index contributed by atoms with van der Waals surface area (Å²) in [6.07, 6.45) is 0. The molecule has 0 spiro atoms. The van der Waals surface area contributed by atoms with Crippen LogP contribution in [0.25, 0.3) is 0 Å². The van der Waals surface area contributed by atoms with Crippen molar-refractivity contribution in [3.8, 4) is 0 Å². The van der Waals surface area contributed by atoms with Crippen LogP contribution in [0.4, 0.5) is 4.39 Å². The van der Waals surface area contributed by atoms with Crippen LogP contribution >= 0.6 is 11.8 Å². The molecule has 94 valence electrons. The molecule has 3 nitrogen and oxygen atoms in total. The number of amides is 1. The minimum atomic E-state index is -0.279. The monoisotopic (exact) mass is 257 g/mol. The summed E-state index contributed by atoms with van der Waals surface area (Å²) in [6, 6.07) is 6.02. The van der Waals surface area contributed by atoms with Crippen molar-refractivity contribution in [2.24, 2.45) is 5.92 Å². The highest BCUT2D eigenvalue weighted by molar-refractivity contribution is 8.00. The first kappa shape index (κ1) is 14.0. The molecular formula is C12H16FNO2S. The molecule has 1 N–H and O–H groups in total. The van der Waals surface area contributed by atoms with Gasteiger partial charge in [0.15, 0.2) is 0 Å². The molecule has 1 aromatic rings. The Bertz CT molecular complexity index is 354. The van der Waals surface area contributed by atoms with Crippen LogP contribution in [-0.2, 0) is 9.63 Å². The van der Waals surface area contributed by atoms with E-state index in [0.29, 0.717) is 12.5 Å². The number of carbonyl (C=O) groups excluding carboxylic acids is 1. The Morgan fingerprint density at radius 3 is 2.65 bits per heavy atom. The van der Waals surface area contributed by atoms with Crippen LogP contribution in [0.5, 0.6) is 0 Å². The average molecular weight is 257 g/mol. The zero-order valence-corrected chi connectivity index (χ0v) is 10.7. The number of rotatable bonds is 6. The number of thioether (sulfide) groups is 1. The van der Waals surface area contributed by atoms with Crippen molar-refractivity contribution in [3.63, 3.8) is 0 Å². The fourth-order valence-corrected chi connectivity index (χ4v) is 1.68. The van der Waals surface area contributed by atoms with Gasteiger partial charge < -0.3 is 0 Å². The maximum atomic E-state index is 12.6. The highest BCUT2D eigenvalue weighted by Gasteiger charge is 2.03. The lowest BCUT2D eigenvalue weighted by Gasteiger charge is -2.07. The van der Waals surface area contributed by atoms with Crippen molar-refractivity contribution in [3.05, 3.63) is 30.1 Å². The lowest BCUT2D eigenvalue weighted by molar-refractivity contribution is -0.131. The van der Waals surface area contributed by atoms with Crippen molar-refractivity contribution < 1.29 is 14.0 Å². The lowest BCUT2D eigenvalue weighted by Crippen LogP contribution is -2.27. The molecule has 0 aliphatic carbocycles. The molecule has 1 aromatic carbocycles. The average Bonchev–Trinajstić information content (AvgIpc) is 2.28. The van der Waals surface area contributed by atoms with Gasteiger partial charge in [0.2, 0.25) is 0 Å². The van der Waals surface area contributed by atoms with Gasteiger partial charge in [-0.15, -0.1) is 11.8 Å². The van der Waals surface area contributed by atoms with Crippen molar-refractivity contribution in [2.45, 2.75) is 18.7 Å². The van der Waals surface area contributed by atoms with Gasteiger partial charge in [0.25, 0.3) is 5.91 Å². The van der Waals surface area contributed by atoms with Crippen LogP contribution in [-0.4, -0.2) is 18.3 Å². The zero-order valence-electron chi connectivity index (χ0n) is 9.90. The quantitative estimate of drug-likeness (QED) is 0.629. The molecule has 0 aliphatic rings. The Morgan fingerprint density at radius 1 is 1.41 bits per heavy atom. The van der Waals surface area contributed by atoms with Gasteiger partial charge in [-0.3, -0.25) is 9.63 Å². The fraction of sp³-hybridized carbons (Fsp3) is 0.417. The van der Waals surface area contributed by atoms with Gasteiger partial charge in [0, 0.05) is 4.90 Å². The first-order chi connectivity index (χ1) is 8.08. The van der Waals surface area contributed by atoms with Gasteiger partial charge in [-0.05, 0) is 30.2 Å². The van der Waals surface area contributed by atoms with E-state index in [0.717, 1.165) is 4.90 Å². The summed E-state index contributed by atoms with van der Waals surface area (Å²) >= 11 is 1.34. The minimum absolute atomic E-state index is 0.194. The normalized spacial score (nSPS) is 10.6. The first-order valence-electron chi connectivity index (χ1n) is 5.37. The summed E-state index contributed by atoms with van der Waals surface area (Å²) in [7, 11) is 0. The summed E-state index contributed by atoms with van der Waals surface area (Å²) in [5, 5.41) is 0. The Kier molecular flexibility index (Phi) is 6.00. The molecule has 0 radical (unpaired) electrons. The number of nitrogens with one attached hydrogen (secondary N) is 1. The molecular weight excluding hydrogens is 241 g/mol. The standard InChI is InChI=1S/C12H16FNO2S/c1-9(2)7-16-14-12(15)8-17-11-5-3-10(13)4-6-11/h3-6,9H,7-8H2,1-2H3,(H,14,15). The van der Waals surface area contributed by atoms with Gasteiger partial charge in [-0.2, -0.15) is 0 Å². The summed E-state index contributed by atoms with van der Waals surface area (Å²) in [6.45, 7) is 4.49. The smallest absolute Gasteiger partial charge is 0.253 e. The van der Waals surface area contributed by atoms with E-state index in [-0.39, 0.29) is 17.5 Å². The number of hydrogen-bond donors (Lipinski definition) is 1. The number of carbonyl (C=O) groups is 1. The topological polar surface area (TPSA) is 38.3 Å². The summed E-state index contributed by atoms with van der Waals surface area (Å²) in [5.74, 6) is 0.156. The molecule has 0 saturated heterocycles. The second kappa shape index (κ2) is 7.29. The lowest BCUT2D eigenvalue weighted by atomic mass is 10.2. The predicted molar refractivity (Wildman–Crippen MR) is 66.1 cm³/mol. The van der Waals surface area contributed by atoms with Crippen LogP contribution in [0.1, 0.15) is 13.8 Å². The third-order valence-corrected chi connectivity index (χ3v) is 2.80. The van der Waals surface area contributed by atoms with Crippen molar-refractivity contribution >= 4 is 17.7 Å². The number of halogens is 1. The summed E-state index contributed by atoms with van der Waals surface area (Å²) in [5.41, 5.74) is 2.36. The maximum Gasteiger partial charge on any atom is 0.253 e. The highest BCUT2D eigenvalue weighted by atomic mass is 32.2. The predicted octanol–water partition coefficient (Wildman–Crippen LogP) is 2.62. The van der Waals surface area contributed by atoms with E-state index in [9.17, 15) is 9.18 Å². The molecule has 0 fully saturated rings. The Hall–Kier alpha value is -1.07. The molecule has 1 rings (SSSR count). The Balaban J connectivity index is 2.21. The third-order valence-electron chi connectivity index (χ3n) is 1.79. The van der Waals surface area contributed by atoms with Gasteiger partial charge in [-0.25, -0.2) is 9.87 Å². The molecule has 0 atom stereocenters. The Labute approximate surface area is 105 Å². The van der Waals surface area contributed by atoms with Crippen LogP contribution in [0.3, 0.4) is 0 Å². The van der Waals surface area contributed by atoms with E-state index in [2.05, 4.69) is 5.48 Å². The van der Waals surface area contributed by atoms with Gasteiger partial charge in [0.1, 0.15) is 5.82 Å². The van der Waals surface area contributed by atoms with E-state index in [1.807, 2.05) is 13.8 Å². The molecule has 0 aromatic heterocycles. The second-order valence-electron chi connectivity index (χ2n) is 3.97. The van der Waals surface area contributed by atoms with E-state index < -0.39 is 0 Å².